The van der Waals surface area contributed by atoms with Gasteiger partial charge in [0.15, 0.2) is 23.3 Å². The maximum atomic E-state index is 13.9. The van der Waals surface area contributed by atoms with Crippen molar-refractivity contribution in [1.29, 1.82) is 5.26 Å². The maximum absolute atomic E-state index is 13.9. The van der Waals surface area contributed by atoms with Gasteiger partial charge in [-0.3, -0.25) is 4.98 Å². The van der Waals surface area contributed by atoms with Crippen molar-refractivity contribution >= 4 is 0 Å². The smallest absolute Gasteiger partial charge is 0.168 e. The predicted molar refractivity (Wildman–Crippen MR) is 79.7 cm³/mol. The Hall–Kier alpha value is -3.20. The molecule has 0 aliphatic carbocycles. The highest BCUT2D eigenvalue weighted by Gasteiger charge is 2.17. The van der Waals surface area contributed by atoms with Gasteiger partial charge in [0.1, 0.15) is 0 Å². The Balaban J connectivity index is 2.18. The Morgan fingerprint density at radius 3 is 2.00 bits per heavy atom. The molecule has 2 nitrogen and oxygen atoms in total. The molecule has 0 saturated heterocycles. The second-order valence-electron chi connectivity index (χ2n) is 4.93. The predicted octanol–water partition coefficient (Wildman–Crippen LogP) is 4.84. The van der Waals surface area contributed by atoms with Crippen molar-refractivity contribution in [2.45, 2.75) is 0 Å². The monoisotopic (exact) mass is 328 g/mol. The van der Waals surface area contributed by atoms with Gasteiger partial charge < -0.3 is 0 Å². The Morgan fingerprint density at radius 1 is 0.792 bits per heavy atom. The van der Waals surface area contributed by atoms with Crippen LogP contribution in [0.5, 0.6) is 0 Å². The molecular weight excluding hydrogens is 320 g/mol. The molecule has 0 spiro atoms. The summed E-state index contributed by atoms with van der Waals surface area (Å²) in [4.78, 5) is 3.96. The first-order valence-electron chi connectivity index (χ1n) is 6.82. The molecule has 0 fully saturated rings. The molecule has 6 heteroatoms. The number of nitrogens with zero attached hydrogens (tertiary/aromatic N) is 2. The summed E-state index contributed by atoms with van der Waals surface area (Å²) < 4.78 is 54.5. The van der Waals surface area contributed by atoms with Gasteiger partial charge in [0.25, 0.3) is 0 Å². The lowest BCUT2D eigenvalue weighted by Crippen LogP contribution is -1.96. The molecule has 0 radical (unpaired) electrons. The number of pyridine rings is 1. The number of rotatable bonds is 2. The number of aromatic nitrogens is 1. The van der Waals surface area contributed by atoms with Crippen molar-refractivity contribution in [3.05, 3.63) is 77.5 Å². The van der Waals surface area contributed by atoms with Crippen LogP contribution in [0.1, 0.15) is 5.56 Å². The van der Waals surface area contributed by atoms with Gasteiger partial charge in [-0.25, -0.2) is 17.6 Å². The van der Waals surface area contributed by atoms with Gasteiger partial charge in [-0.15, -0.1) is 0 Å². The minimum atomic E-state index is -1.11. The first kappa shape index (κ1) is 15.7. The summed E-state index contributed by atoms with van der Waals surface area (Å²) in [6.07, 6.45) is 1.14. The number of hydrogen-bond acceptors (Lipinski definition) is 2. The van der Waals surface area contributed by atoms with Crippen LogP contribution in [0.4, 0.5) is 17.6 Å². The van der Waals surface area contributed by atoms with Crippen LogP contribution in [0.15, 0.2) is 48.7 Å². The van der Waals surface area contributed by atoms with Crippen LogP contribution in [0.2, 0.25) is 0 Å². The third-order valence-electron chi connectivity index (χ3n) is 3.49. The van der Waals surface area contributed by atoms with Crippen LogP contribution in [-0.2, 0) is 0 Å². The summed E-state index contributed by atoms with van der Waals surface area (Å²) in [5.74, 6) is -4.32. The fourth-order valence-corrected chi connectivity index (χ4v) is 2.32. The first-order chi connectivity index (χ1) is 11.5. The highest BCUT2D eigenvalue weighted by Crippen LogP contribution is 2.30. The molecular formula is C18H8F4N2. The third kappa shape index (κ3) is 2.61. The van der Waals surface area contributed by atoms with Crippen molar-refractivity contribution in [1.82, 2.24) is 4.98 Å². The van der Waals surface area contributed by atoms with Gasteiger partial charge in [-0.1, -0.05) is 18.2 Å². The van der Waals surface area contributed by atoms with Crippen molar-refractivity contribution in [3.8, 4) is 28.5 Å². The molecule has 118 valence electrons. The molecule has 0 amide bonds. The Labute approximate surface area is 134 Å². The molecule has 2 aromatic carbocycles. The molecule has 3 rings (SSSR count). The summed E-state index contributed by atoms with van der Waals surface area (Å²) in [6.45, 7) is 0. The van der Waals surface area contributed by atoms with Gasteiger partial charge in [0.05, 0.1) is 17.3 Å². The molecule has 0 saturated carbocycles. The van der Waals surface area contributed by atoms with Crippen LogP contribution in [0.25, 0.3) is 22.4 Å². The fourth-order valence-electron chi connectivity index (χ4n) is 2.32. The van der Waals surface area contributed by atoms with E-state index in [-0.39, 0.29) is 27.9 Å². The first-order valence-corrected chi connectivity index (χ1v) is 6.82. The molecule has 0 aliphatic heterocycles. The zero-order valence-electron chi connectivity index (χ0n) is 12.0. The van der Waals surface area contributed by atoms with E-state index in [1.54, 1.807) is 0 Å². The van der Waals surface area contributed by atoms with Crippen LogP contribution in [-0.4, -0.2) is 4.98 Å². The SMILES string of the molecule is N#Cc1cc(-c2cccc(F)c2F)ncc1-c1cccc(F)c1F. The Morgan fingerprint density at radius 2 is 1.38 bits per heavy atom. The van der Waals surface area contributed by atoms with E-state index in [9.17, 15) is 22.8 Å². The molecule has 0 unspecified atom stereocenters. The summed E-state index contributed by atoms with van der Waals surface area (Å²) in [5, 5.41) is 9.27. The molecule has 1 aromatic heterocycles. The van der Waals surface area contributed by atoms with Gasteiger partial charge in [-0.05, 0) is 24.3 Å². The summed E-state index contributed by atoms with van der Waals surface area (Å²) in [5.41, 5.74) is -0.213. The van der Waals surface area contributed by atoms with Gasteiger partial charge in [0.2, 0.25) is 0 Å². The summed E-state index contributed by atoms with van der Waals surface area (Å²) in [7, 11) is 0. The number of halogens is 4. The zero-order chi connectivity index (χ0) is 17.3. The van der Waals surface area contributed by atoms with E-state index in [1.165, 1.54) is 30.3 Å². The largest absolute Gasteiger partial charge is 0.255 e. The lowest BCUT2D eigenvalue weighted by molar-refractivity contribution is 0.510. The van der Waals surface area contributed by atoms with Gasteiger partial charge in [0, 0.05) is 22.9 Å². The average molecular weight is 328 g/mol. The average Bonchev–Trinajstić information content (AvgIpc) is 2.59. The van der Waals surface area contributed by atoms with E-state index >= 15 is 0 Å². The molecule has 1 heterocycles. The second-order valence-corrected chi connectivity index (χ2v) is 4.93. The van der Waals surface area contributed by atoms with Crippen LogP contribution in [0, 0.1) is 34.6 Å². The lowest BCUT2D eigenvalue weighted by Gasteiger charge is -2.09. The minimum Gasteiger partial charge on any atom is -0.255 e. The fraction of sp³-hybridized carbons (Fsp3) is 0. The number of benzene rings is 2. The van der Waals surface area contributed by atoms with Crippen molar-refractivity contribution in [2.75, 3.05) is 0 Å². The molecule has 24 heavy (non-hydrogen) atoms. The number of nitriles is 1. The van der Waals surface area contributed by atoms with Crippen LogP contribution >= 0.6 is 0 Å². The molecule has 0 atom stereocenters. The quantitative estimate of drug-likeness (QED) is 0.631. The third-order valence-corrected chi connectivity index (χ3v) is 3.49. The topological polar surface area (TPSA) is 36.7 Å². The van der Waals surface area contributed by atoms with Crippen LogP contribution < -0.4 is 0 Å². The second kappa shape index (κ2) is 6.13. The maximum Gasteiger partial charge on any atom is 0.168 e. The van der Waals surface area contributed by atoms with Gasteiger partial charge in [-0.2, -0.15) is 5.26 Å². The van der Waals surface area contributed by atoms with E-state index < -0.39 is 23.3 Å². The summed E-state index contributed by atoms with van der Waals surface area (Å²) in [6, 6.07) is 10.2. The Kier molecular flexibility index (Phi) is 4.00. The van der Waals surface area contributed by atoms with Crippen molar-refractivity contribution in [3.63, 3.8) is 0 Å². The van der Waals surface area contributed by atoms with E-state index in [0.29, 0.717) is 0 Å². The zero-order valence-corrected chi connectivity index (χ0v) is 12.0. The normalized spacial score (nSPS) is 10.5. The standard InChI is InChI=1S/C18H8F4N2/c19-14-5-1-3-11(17(14)21)13-9-24-16(7-10(13)8-23)12-4-2-6-15(20)18(12)22/h1-7,9H. The summed E-state index contributed by atoms with van der Waals surface area (Å²) >= 11 is 0. The molecule has 3 aromatic rings. The lowest BCUT2D eigenvalue weighted by atomic mass is 9.99. The van der Waals surface area contributed by atoms with Crippen molar-refractivity contribution < 1.29 is 17.6 Å². The minimum absolute atomic E-state index is 0.0177. The van der Waals surface area contributed by atoms with Gasteiger partial charge >= 0.3 is 0 Å². The highest BCUT2D eigenvalue weighted by molar-refractivity contribution is 5.74. The van der Waals surface area contributed by atoms with Crippen LogP contribution in [0.3, 0.4) is 0 Å². The van der Waals surface area contributed by atoms with E-state index in [0.717, 1.165) is 18.3 Å². The van der Waals surface area contributed by atoms with E-state index in [2.05, 4.69) is 4.98 Å². The highest BCUT2D eigenvalue weighted by atomic mass is 19.2. The number of hydrogen-bond donors (Lipinski definition) is 0. The molecule has 0 bridgehead atoms. The Bertz CT molecular complexity index is 977. The van der Waals surface area contributed by atoms with Crippen molar-refractivity contribution in [2.24, 2.45) is 0 Å². The molecule has 0 N–H and O–H groups in total. The van der Waals surface area contributed by atoms with E-state index in [1.807, 2.05) is 6.07 Å². The van der Waals surface area contributed by atoms with E-state index in [4.69, 9.17) is 0 Å². The molecule has 0 aliphatic rings.